The van der Waals surface area contributed by atoms with Gasteiger partial charge in [-0.3, -0.25) is 9.59 Å². The van der Waals surface area contributed by atoms with E-state index in [9.17, 15) is 9.59 Å². The van der Waals surface area contributed by atoms with Gasteiger partial charge in [-0.1, -0.05) is 18.2 Å². The molecule has 78 valence electrons. The number of hydrogen-bond acceptors (Lipinski definition) is 3. The van der Waals surface area contributed by atoms with Crippen molar-refractivity contribution in [3.05, 3.63) is 30.3 Å². The van der Waals surface area contributed by atoms with Crippen molar-refractivity contribution >= 4 is 11.8 Å². The van der Waals surface area contributed by atoms with Gasteiger partial charge in [0.1, 0.15) is 18.0 Å². The van der Waals surface area contributed by atoms with Crippen molar-refractivity contribution in [1.29, 1.82) is 0 Å². The summed E-state index contributed by atoms with van der Waals surface area (Å²) in [5.41, 5.74) is 0. The average Bonchev–Trinajstić information content (AvgIpc) is 3.01. The van der Waals surface area contributed by atoms with Crippen LogP contribution in [0.15, 0.2) is 30.3 Å². The summed E-state index contributed by atoms with van der Waals surface area (Å²) in [5, 5.41) is 0. The van der Waals surface area contributed by atoms with Crippen molar-refractivity contribution in [2.24, 2.45) is 5.92 Å². The number of rotatable bonds is 4. The minimum absolute atomic E-state index is 0.0101. The van der Waals surface area contributed by atoms with E-state index in [4.69, 9.17) is 4.74 Å². The first-order chi connectivity index (χ1) is 7.25. The fourth-order valence-electron chi connectivity index (χ4n) is 1.35. The molecule has 0 aromatic heterocycles. The van der Waals surface area contributed by atoms with Crippen LogP contribution in [0.2, 0.25) is 0 Å². The van der Waals surface area contributed by atoms with Crippen molar-refractivity contribution in [3.63, 3.8) is 0 Å². The zero-order valence-electron chi connectivity index (χ0n) is 8.31. The molecule has 1 saturated carbocycles. The average molecular weight is 204 g/mol. The van der Waals surface area contributed by atoms with E-state index in [0.717, 1.165) is 12.8 Å². The highest BCUT2D eigenvalue weighted by atomic mass is 16.5. The molecule has 15 heavy (non-hydrogen) atoms. The normalized spacial score (nSPS) is 14.7. The summed E-state index contributed by atoms with van der Waals surface area (Å²) in [6, 6.07) is 8.79. The Hall–Kier alpha value is -1.64. The molecule has 0 N–H and O–H groups in total. The molecule has 0 bridgehead atoms. The van der Waals surface area contributed by atoms with Crippen molar-refractivity contribution in [2.75, 3.05) is 0 Å². The maximum Gasteiger partial charge on any atom is 0.318 e. The van der Waals surface area contributed by atoms with Crippen LogP contribution >= 0.6 is 0 Å². The van der Waals surface area contributed by atoms with Gasteiger partial charge in [0.25, 0.3) is 0 Å². The molecule has 0 aliphatic heterocycles. The van der Waals surface area contributed by atoms with Gasteiger partial charge in [0.2, 0.25) is 0 Å². The summed E-state index contributed by atoms with van der Waals surface area (Å²) < 4.78 is 5.00. The molecule has 0 spiro atoms. The van der Waals surface area contributed by atoms with Crippen LogP contribution in [0.5, 0.6) is 5.75 Å². The van der Waals surface area contributed by atoms with Crippen LogP contribution in [0, 0.1) is 5.92 Å². The molecule has 0 unspecified atom stereocenters. The maximum absolute atomic E-state index is 11.3. The Balaban J connectivity index is 1.84. The predicted octanol–water partition coefficient (Wildman–Crippen LogP) is 1.96. The zero-order chi connectivity index (χ0) is 10.7. The fourth-order valence-corrected chi connectivity index (χ4v) is 1.35. The summed E-state index contributed by atoms with van der Waals surface area (Å²) in [7, 11) is 0. The molecule has 0 saturated heterocycles. The number of carbonyl (C=O) groups is 2. The monoisotopic (exact) mass is 204 g/mol. The third-order valence-electron chi connectivity index (χ3n) is 2.33. The maximum atomic E-state index is 11.3. The first kappa shape index (κ1) is 9.90. The molecule has 0 atom stereocenters. The van der Waals surface area contributed by atoms with Crippen molar-refractivity contribution in [2.45, 2.75) is 19.3 Å². The summed E-state index contributed by atoms with van der Waals surface area (Å²) in [6.07, 6.45) is 1.76. The van der Waals surface area contributed by atoms with Crippen LogP contribution in [0.3, 0.4) is 0 Å². The molecule has 1 aromatic carbocycles. The van der Waals surface area contributed by atoms with Gasteiger partial charge in [0.05, 0.1) is 0 Å². The minimum Gasteiger partial charge on any atom is -0.426 e. The Morgan fingerprint density at radius 2 is 1.87 bits per heavy atom. The Labute approximate surface area is 88.1 Å². The van der Waals surface area contributed by atoms with Crippen LogP contribution in [0.25, 0.3) is 0 Å². The zero-order valence-corrected chi connectivity index (χ0v) is 8.31. The van der Waals surface area contributed by atoms with Crippen LogP contribution in [0.4, 0.5) is 0 Å². The number of carbonyl (C=O) groups excluding carboxylic acids is 2. The molecule has 1 fully saturated rings. The van der Waals surface area contributed by atoms with Gasteiger partial charge in [0, 0.05) is 5.92 Å². The van der Waals surface area contributed by atoms with Gasteiger partial charge in [-0.25, -0.2) is 0 Å². The second-order valence-electron chi connectivity index (χ2n) is 3.70. The van der Waals surface area contributed by atoms with Crippen molar-refractivity contribution < 1.29 is 14.3 Å². The van der Waals surface area contributed by atoms with E-state index >= 15 is 0 Å². The Bertz CT molecular complexity index is 366. The third kappa shape index (κ3) is 2.91. The van der Waals surface area contributed by atoms with E-state index in [-0.39, 0.29) is 18.1 Å². The lowest BCUT2D eigenvalue weighted by Crippen LogP contribution is -2.14. The van der Waals surface area contributed by atoms with Crippen LogP contribution < -0.4 is 4.74 Å². The standard InChI is InChI=1S/C12H12O3/c13-11(9-6-7-9)8-12(14)15-10-4-2-1-3-5-10/h1-5,9H,6-8H2. The first-order valence-corrected chi connectivity index (χ1v) is 5.04. The lowest BCUT2D eigenvalue weighted by Gasteiger charge is -2.02. The van der Waals surface area contributed by atoms with Gasteiger partial charge in [-0.2, -0.15) is 0 Å². The van der Waals surface area contributed by atoms with Crippen molar-refractivity contribution in [1.82, 2.24) is 0 Å². The molecule has 1 aliphatic rings. The molecule has 1 aliphatic carbocycles. The van der Waals surface area contributed by atoms with E-state index in [0.29, 0.717) is 5.75 Å². The summed E-state index contributed by atoms with van der Waals surface area (Å²) in [6.45, 7) is 0. The topological polar surface area (TPSA) is 43.4 Å². The number of Topliss-reactive ketones (excluding diaryl/α,β-unsaturated/α-hetero) is 1. The summed E-state index contributed by atoms with van der Waals surface area (Å²) in [5.74, 6) is 0.161. The van der Waals surface area contributed by atoms with Gasteiger partial charge in [-0.05, 0) is 25.0 Å². The van der Waals surface area contributed by atoms with E-state index in [1.807, 2.05) is 6.07 Å². The molecular formula is C12H12O3. The Morgan fingerprint density at radius 1 is 1.20 bits per heavy atom. The smallest absolute Gasteiger partial charge is 0.318 e. The van der Waals surface area contributed by atoms with Crippen LogP contribution in [-0.4, -0.2) is 11.8 Å². The Morgan fingerprint density at radius 3 is 2.47 bits per heavy atom. The number of ketones is 1. The lowest BCUT2D eigenvalue weighted by atomic mass is 10.2. The van der Waals surface area contributed by atoms with E-state index in [2.05, 4.69) is 0 Å². The molecule has 0 radical (unpaired) electrons. The molecular weight excluding hydrogens is 192 g/mol. The number of para-hydroxylation sites is 1. The number of benzene rings is 1. The largest absolute Gasteiger partial charge is 0.426 e. The Kier molecular flexibility index (Phi) is 2.81. The molecule has 1 aromatic rings. The molecule has 0 heterocycles. The van der Waals surface area contributed by atoms with E-state index < -0.39 is 5.97 Å². The van der Waals surface area contributed by atoms with Crippen LogP contribution in [0.1, 0.15) is 19.3 Å². The fraction of sp³-hybridized carbons (Fsp3) is 0.333. The molecule has 0 amide bonds. The minimum atomic E-state index is -0.460. The number of ether oxygens (including phenoxy) is 1. The molecule has 3 heteroatoms. The van der Waals surface area contributed by atoms with Crippen molar-refractivity contribution in [3.8, 4) is 5.75 Å². The SMILES string of the molecule is O=C(CC(=O)C1CC1)Oc1ccccc1. The van der Waals surface area contributed by atoms with E-state index in [1.165, 1.54) is 0 Å². The highest BCUT2D eigenvalue weighted by Gasteiger charge is 2.31. The predicted molar refractivity (Wildman–Crippen MR) is 54.4 cm³/mol. The summed E-state index contributed by atoms with van der Waals surface area (Å²) >= 11 is 0. The quantitative estimate of drug-likeness (QED) is 0.428. The highest BCUT2D eigenvalue weighted by molar-refractivity contribution is 5.98. The van der Waals surface area contributed by atoms with Gasteiger partial charge in [0.15, 0.2) is 0 Å². The second-order valence-corrected chi connectivity index (χ2v) is 3.70. The van der Waals surface area contributed by atoms with E-state index in [1.54, 1.807) is 24.3 Å². The second kappa shape index (κ2) is 4.26. The summed E-state index contributed by atoms with van der Waals surface area (Å²) in [4.78, 5) is 22.6. The molecule has 2 rings (SSSR count). The lowest BCUT2D eigenvalue weighted by molar-refractivity contribution is -0.138. The van der Waals surface area contributed by atoms with Gasteiger partial charge in [-0.15, -0.1) is 0 Å². The number of esters is 1. The van der Waals surface area contributed by atoms with Gasteiger partial charge >= 0.3 is 5.97 Å². The van der Waals surface area contributed by atoms with Gasteiger partial charge < -0.3 is 4.74 Å². The highest BCUT2D eigenvalue weighted by Crippen LogP contribution is 2.30. The first-order valence-electron chi connectivity index (χ1n) is 5.04. The number of hydrogen-bond donors (Lipinski definition) is 0. The molecule has 3 nitrogen and oxygen atoms in total. The third-order valence-corrected chi connectivity index (χ3v) is 2.33. The van der Waals surface area contributed by atoms with Crippen LogP contribution in [-0.2, 0) is 9.59 Å².